The zero-order valence-electron chi connectivity index (χ0n) is 17.6. The van der Waals surface area contributed by atoms with Gasteiger partial charge in [-0.2, -0.15) is 0 Å². The molecule has 2 fully saturated rings. The third-order valence-electron chi connectivity index (χ3n) is 6.99. The van der Waals surface area contributed by atoms with E-state index in [4.69, 9.17) is 17.3 Å². The minimum absolute atomic E-state index is 0.370. The molecule has 3 heterocycles. The number of carbonyl (C=O) groups excluding carboxylic acids is 1. The van der Waals surface area contributed by atoms with Crippen LogP contribution in [0, 0.1) is 0 Å². The van der Waals surface area contributed by atoms with Gasteiger partial charge >= 0.3 is 0 Å². The van der Waals surface area contributed by atoms with E-state index < -0.39 is 0 Å². The molecule has 0 bridgehead atoms. The van der Waals surface area contributed by atoms with Crippen molar-refractivity contribution >= 4 is 34.2 Å². The number of aromatic amines is 1. The summed E-state index contributed by atoms with van der Waals surface area (Å²) in [4.78, 5) is 24.4. The summed E-state index contributed by atoms with van der Waals surface area (Å²) in [6.45, 7) is 4.12. The maximum atomic E-state index is 11.6. The molecule has 1 aliphatic carbocycles. The van der Waals surface area contributed by atoms with Gasteiger partial charge in [-0.25, -0.2) is 4.98 Å². The molecular formula is C24H28ClN5O. The average molecular weight is 438 g/mol. The number of fused-ring (bicyclic) bond motifs is 1. The third kappa shape index (κ3) is 4.14. The Morgan fingerprint density at radius 2 is 1.84 bits per heavy atom. The smallest absolute Gasteiger partial charge is 0.248 e. The van der Waals surface area contributed by atoms with Gasteiger partial charge in [0.1, 0.15) is 11.0 Å². The van der Waals surface area contributed by atoms with Crippen molar-refractivity contribution in [1.82, 2.24) is 14.9 Å². The van der Waals surface area contributed by atoms with Gasteiger partial charge in [0.2, 0.25) is 5.91 Å². The van der Waals surface area contributed by atoms with Crippen LogP contribution in [0.4, 0.5) is 5.82 Å². The summed E-state index contributed by atoms with van der Waals surface area (Å²) in [5, 5.41) is 1.70. The Morgan fingerprint density at radius 3 is 2.55 bits per heavy atom. The quantitative estimate of drug-likeness (QED) is 0.600. The van der Waals surface area contributed by atoms with E-state index in [2.05, 4.69) is 26.0 Å². The number of benzene rings is 1. The molecule has 162 valence electrons. The number of H-pyrrole nitrogens is 1. The molecule has 7 heteroatoms. The average Bonchev–Trinajstić information content (AvgIpc) is 3.22. The first kappa shape index (κ1) is 20.3. The van der Waals surface area contributed by atoms with Gasteiger partial charge in [-0.15, -0.1) is 0 Å². The molecule has 1 aromatic carbocycles. The van der Waals surface area contributed by atoms with Gasteiger partial charge in [-0.1, -0.05) is 17.7 Å². The van der Waals surface area contributed by atoms with Gasteiger partial charge in [-0.05, 0) is 67.5 Å². The van der Waals surface area contributed by atoms with Crippen molar-refractivity contribution in [3.05, 3.63) is 58.9 Å². The number of piperazine rings is 1. The first-order valence-electron chi connectivity index (χ1n) is 11.1. The molecule has 1 aliphatic heterocycles. The van der Waals surface area contributed by atoms with Crippen molar-refractivity contribution < 1.29 is 4.79 Å². The molecule has 3 N–H and O–H groups in total. The molecule has 31 heavy (non-hydrogen) atoms. The molecule has 0 unspecified atom stereocenters. The van der Waals surface area contributed by atoms with Crippen LogP contribution in [0.5, 0.6) is 0 Å². The fraction of sp³-hybridized carbons (Fsp3) is 0.417. The number of nitrogens with two attached hydrogens (primary N) is 1. The van der Waals surface area contributed by atoms with Crippen molar-refractivity contribution in [1.29, 1.82) is 0 Å². The summed E-state index contributed by atoms with van der Waals surface area (Å²) in [5.41, 5.74) is 8.47. The standard InChI is InChI=1S/C24H28ClN5O/c25-22-2-1-3-23(28-22)30-12-10-29(11-13-30)18-7-4-16(5-8-18)20-15-27-21-9-6-17(24(26)31)14-19(20)21/h1-3,6,9,14-16,18,27H,4-5,7-8,10-13H2,(H2,26,31). The summed E-state index contributed by atoms with van der Waals surface area (Å²) in [6.07, 6.45) is 6.89. The Balaban J connectivity index is 1.20. The van der Waals surface area contributed by atoms with Crippen molar-refractivity contribution in [2.75, 3.05) is 31.1 Å². The molecule has 3 aromatic rings. The lowest BCUT2D eigenvalue weighted by Crippen LogP contribution is -2.51. The Morgan fingerprint density at radius 1 is 1.06 bits per heavy atom. The van der Waals surface area contributed by atoms with Crippen LogP contribution in [0.1, 0.15) is 47.5 Å². The van der Waals surface area contributed by atoms with E-state index in [0.29, 0.717) is 22.7 Å². The second-order valence-electron chi connectivity index (χ2n) is 8.72. The first-order chi connectivity index (χ1) is 15.1. The number of primary amides is 1. The number of nitrogens with zero attached hydrogens (tertiary/aromatic N) is 3. The van der Waals surface area contributed by atoms with E-state index in [1.54, 1.807) is 6.07 Å². The maximum absolute atomic E-state index is 11.6. The topological polar surface area (TPSA) is 78.2 Å². The number of pyridine rings is 1. The highest BCUT2D eigenvalue weighted by Crippen LogP contribution is 2.38. The summed E-state index contributed by atoms with van der Waals surface area (Å²) in [6, 6.07) is 12.2. The molecule has 2 aromatic heterocycles. The van der Waals surface area contributed by atoms with E-state index >= 15 is 0 Å². The number of carbonyl (C=O) groups is 1. The van der Waals surface area contributed by atoms with Crippen molar-refractivity contribution in [3.63, 3.8) is 0 Å². The van der Waals surface area contributed by atoms with E-state index in [9.17, 15) is 4.79 Å². The zero-order chi connectivity index (χ0) is 21.4. The van der Waals surface area contributed by atoms with Gasteiger partial charge in [0, 0.05) is 54.9 Å². The number of anilines is 1. The number of hydrogen-bond acceptors (Lipinski definition) is 4. The number of rotatable bonds is 4. The number of hydrogen-bond donors (Lipinski definition) is 2. The number of aromatic nitrogens is 2. The molecule has 0 atom stereocenters. The SMILES string of the molecule is NC(=O)c1ccc2[nH]cc(C3CCC(N4CCN(c5cccc(Cl)n5)CC4)CC3)c2c1. The highest BCUT2D eigenvalue weighted by molar-refractivity contribution is 6.29. The van der Waals surface area contributed by atoms with Crippen LogP contribution >= 0.6 is 11.6 Å². The zero-order valence-corrected chi connectivity index (χ0v) is 18.3. The van der Waals surface area contributed by atoms with Crippen LogP contribution in [0.25, 0.3) is 10.9 Å². The summed E-state index contributed by atoms with van der Waals surface area (Å²) in [7, 11) is 0. The van der Waals surface area contributed by atoms with Crippen molar-refractivity contribution in [2.24, 2.45) is 5.73 Å². The highest BCUT2D eigenvalue weighted by Gasteiger charge is 2.30. The Labute approximate surface area is 187 Å². The Hall–Kier alpha value is -2.57. The van der Waals surface area contributed by atoms with E-state index in [0.717, 1.165) is 42.9 Å². The minimum atomic E-state index is -0.370. The van der Waals surface area contributed by atoms with Crippen molar-refractivity contribution in [2.45, 2.75) is 37.6 Å². The molecule has 1 saturated heterocycles. The molecule has 6 nitrogen and oxygen atoms in total. The van der Waals surface area contributed by atoms with Gasteiger partial charge in [0.05, 0.1) is 0 Å². The number of amides is 1. The van der Waals surface area contributed by atoms with Crippen molar-refractivity contribution in [3.8, 4) is 0 Å². The molecule has 0 spiro atoms. The molecule has 1 saturated carbocycles. The lowest BCUT2D eigenvalue weighted by molar-refractivity contribution is 0.100. The van der Waals surface area contributed by atoms with Gasteiger partial charge in [0.25, 0.3) is 0 Å². The van der Waals surface area contributed by atoms with Crippen LogP contribution in [-0.2, 0) is 0 Å². The van der Waals surface area contributed by atoms with Crippen LogP contribution in [-0.4, -0.2) is 53.0 Å². The lowest BCUT2D eigenvalue weighted by atomic mass is 9.81. The largest absolute Gasteiger partial charge is 0.366 e. The normalized spacial score (nSPS) is 22.7. The van der Waals surface area contributed by atoms with Gasteiger partial charge < -0.3 is 15.6 Å². The first-order valence-corrected chi connectivity index (χ1v) is 11.5. The lowest BCUT2D eigenvalue weighted by Gasteiger charge is -2.42. The predicted octanol–water partition coefficient (Wildman–Crippen LogP) is 4.16. The van der Waals surface area contributed by atoms with Crippen LogP contribution in [0.15, 0.2) is 42.6 Å². The van der Waals surface area contributed by atoms with E-state index in [1.807, 2.05) is 30.3 Å². The Kier molecular flexibility index (Phi) is 5.59. The summed E-state index contributed by atoms with van der Waals surface area (Å²) >= 11 is 6.06. The molecular weight excluding hydrogens is 410 g/mol. The monoisotopic (exact) mass is 437 g/mol. The van der Waals surface area contributed by atoms with Crippen LogP contribution in [0.2, 0.25) is 5.15 Å². The predicted molar refractivity (Wildman–Crippen MR) is 125 cm³/mol. The second kappa shape index (κ2) is 8.52. The van der Waals surface area contributed by atoms with Gasteiger partial charge in [-0.3, -0.25) is 9.69 Å². The molecule has 2 aliphatic rings. The fourth-order valence-electron chi connectivity index (χ4n) is 5.28. The number of nitrogens with one attached hydrogen (secondary N) is 1. The summed E-state index contributed by atoms with van der Waals surface area (Å²) in [5.74, 6) is 1.14. The summed E-state index contributed by atoms with van der Waals surface area (Å²) < 4.78 is 0. The van der Waals surface area contributed by atoms with E-state index in [1.165, 1.54) is 31.2 Å². The van der Waals surface area contributed by atoms with Crippen LogP contribution in [0.3, 0.4) is 0 Å². The van der Waals surface area contributed by atoms with E-state index in [-0.39, 0.29) is 5.91 Å². The van der Waals surface area contributed by atoms with Crippen LogP contribution < -0.4 is 10.6 Å². The molecule has 0 radical (unpaired) electrons. The third-order valence-corrected chi connectivity index (χ3v) is 7.20. The minimum Gasteiger partial charge on any atom is -0.366 e. The highest BCUT2D eigenvalue weighted by atomic mass is 35.5. The van der Waals surface area contributed by atoms with Gasteiger partial charge in [0.15, 0.2) is 0 Å². The molecule has 1 amide bonds. The fourth-order valence-corrected chi connectivity index (χ4v) is 5.43. The molecule has 5 rings (SSSR count). The number of halogens is 1. The second-order valence-corrected chi connectivity index (χ2v) is 9.10. The Bertz CT molecular complexity index is 1080. The maximum Gasteiger partial charge on any atom is 0.248 e.